The van der Waals surface area contributed by atoms with E-state index in [2.05, 4.69) is 10.6 Å². The van der Waals surface area contributed by atoms with Crippen molar-refractivity contribution in [3.05, 3.63) is 0 Å². The molecule has 0 radical (unpaired) electrons. The van der Waals surface area contributed by atoms with Crippen LogP contribution in [0.3, 0.4) is 0 Å². The van der Waals surface area contributed by atoms with Gasteiger partial charge in [0, 0.05) is 24.5 Å². The number of piperidine rings is 1. The fourth-order valence-corrected chi connectivity index (χ4v) is 4.55. The van der Waals surface area contributed by atoms with Gasteiger partial charge in [0.2, 0.25) is 5.91 Å². The number of fused-ring (bicyclic) bond motifs is 2. The minimum absolute atomic E-state index is 0.0915. The van der Waals surface area contributed by atoms with Gasteiger partial charge in [0.05, 0.1) is 0 Å². The Kier molecular flexibility index (Phi) is 4.32. The Morgan fingerprint density at radius 1 is 1.15 bits per heavy atom. The highest BCUT2D eigenvalue weighted by molar-refractivity contribution is 5.77. The second-order valence-electron chi connectivity index (χ2n) is 7.32. The van der Waals surface area contributed by atoms with Crippen LogP contribution in [0.25, 0.3) is 0 Å². The van der Waals surface area contributed by atoms with Crippen molar-refractivity contribution >= 4 is 5.91 Å². The predicted octanol–water partition coefficient (Wildman–Crippen LogP) is 1.68. The highest BCUT2D eigenvalue weighted by Crippen LogP contribution is 2.38. The van der Waals surface area contributed by atoms with Gasteiger partial charge < -0.3 is 16.4 Å². The molecule has 4 nitrogen and oxygen atoms in total. The van der Waals surface area contributed by atoms with Crippen molar-refractivity contribution in [2.24, 2.45) is 11.1 Å². The molecule has 1 amide bonds. The van der Waals surface area contributed by atoms with Gasteiger partial charge in [0.25, 0.3) is 0 Å². The lowest BCUT2D eigenvalue weighted by Crippen LogP contribution is -2.49. The Balaban J connectivity index is 1.51. The lowest BCUT2D eigenvalue weighted by Gasteiger charge is -2.37. The number of carbonyl (C=O) groups is 1. The zero-order valence-corrected chi connectivity index (χ0v) is 12.5. The summed E-state index contributed by atoms with van der Waals surface area (Å²) in [6.45, 7) is 0.665. The Hall–Kier alpha value is -0.610. The summed E-state index contributed by atoms with van der Waals surface area (Å²) in [6.07, 6.45) is 11.5. The van der Waals surface area contributed by atoms with E-state index in [0.717, 1.165) is 25.7 Å². The number of nitrogens with one attached hydrogen (secondary N) is 2. The van der Waals surface area contributed by atoms with Crippen molar-refractivity contribution in [3.8, 4) is 0 Å². The largest absolute Gasteiger partial charge is 0.353 e. The van der Waals surface area contributed by atoms with Gasteiger partial charge in [0.15, 0.2) is 0 Å². The molecule has 0 aromatic rings. The Bertz CT molecular complexity index is 340. The lowest BCUT2D eigenvalue weighted by atomic mass is 9.71. The van der Waals surface area contributed by atoms with Crippen molar-refractivity contribution in [1.82, 2.24) is 10.6 Å². The summed E-state index contributed by atoms with van der Waals surface area (Å²) < 4.78 is 0. The van der Waals surface area contributed by atoms with E-state index >= 15 is 0 Å². The smallest absolute Gasteiger partial charge is 0.220 e. The van der Waals surface area contributed by atoms with Crippen LogP contribution in [0.4, 0.5) is 0 Å². The number of amides is 1. The second-order valence-corrected chi connectivity index (χ2v) is 7.32. The van der Waals surface area contributed by atoms with Crippen LogP contribution in [0.2, 0.25) is 0 Å². The third-order valence-electron chi connectivity index (χ3n) is 5.72. The topological polar surface area (TPSA) is 67.2 Å². The molecule has 114 valence electrons. The third kappa shape index (κ3) is 3.17. The van der Waals surface area contributed by atoms with E-state index in [1.54, 1.807) is 0 Å². The quantitative estimate of drug-likeness (QED) is 0.733. The molecule has 3 fully saturated rings. The first-order valence-corrected chi connectivity index (χ1v) is 8.45. The first-order chi connectivity index (χ1) is 9.69. The number of hydrogen-bond donors (Lipinski definition) is 3. The minimum atomic E-state index is 0.0915. The molecule has 4 heteroatoms. The molecule has 0 spiro atoms. The summed E-state index contributed by atoms with van der Waals surface area (Å²) in [4.78, 5) is 12.4. The van der Waals surface area contributed by atoms with E-state index in [4.69, 9.17) is 5.73 Å². The van der Waals surface area contributed by atoms with Gasteiger partial charge in [-0.05, 0) is 50.5 Å². The molecule has 0 aromatic heterocycles. The molecule has 4 N–H and O–H groups in total. The van der Waals surface area contributed by atoms with E-state index in [9.17, 15) is 4.79 Å². The summed E-state index contributed by atoms with van der Waals surface area (Å²) in [7, 11) is 0. The normalized spacial score (nSPS) is 35.8. The van der Waals surface area contributed by atoms with Crippen LogP contribution in [-0.2, 0) is 4.79 Å². The first-order valence-electron chi connectivity index (χ1n) is 8.45. The van der Waals surface area contributed by atoms with Crippen LogP contribution < -0.4 is 16.4 Å². The van der Waals surface area contributed by atoms with Gasteiger partial charge in [-0.2, -0.15) is 0 Å². The Morgan fingerprint density at radius 2 is 1.80 bits per heavy atom. The van der Waals surface area contributed by atoms with Crippen LogP contribution in [0, 0.1) is 5.41 Å². The van der Waals surface area contributed by atoms with Crippen molar-refractivity contribution in [2.45, 2.75) is 82.3 Å². The van der Waals surface area contributed by atoms with E-state index < -0.39 is 0 Å². The average molecular weight is 279 g/mol. The summed E-state index contributed by atoms with van der Waals surface area (Å²) in [6, 6.07) is 1.66. The summed E-state index contributed by atoms with van der Waals surface area (Å²) >= 11 is 0. The molecule has 2 atom stereocenters. The lowest BCUT2D eigenvalue weighted by molar-refractivity contribution is -0.124. The molecule has 2 saturated heterocycles. The monoisotopic (exact) mass is 279 g/mol. The van der Waals surface area contributed by atoms with E-state index in [1.807, 2.05) is 0 Å². The summed E-state index contributed by atoms with van der Waals surface area (Å²) in [5.74, 6) is 0.239. The van der Waals surface area contributed by atoms with Crippen molar-refractivity contribution in [1.29, 1.82) is 0 Å². The van der Waals surface area contributed by atoms with Crippen LogP contribution >= 0.6 is 0 Å². The Labute approximate surface area is 122 Å². The number of hydrogen-bond acceptors (Lipinski definition) is 3. The molecular weight excluding hydrogens is 250 g/mol. The van der Waals surface area contributed by atoms with Gasteiger partial charge in [0.1, 0.15) is 0 Å². The van der Waals surface area contributed by atoms with Gasteiger partial charge in [-0.25, -0.2) is 0 Å². The standard InChI is InChI=1S/C16H29N3O/c17-11-16(6-2-1-3-7-16)10-15(20)19-14-8-12-4-5-13(9-14)18-12/h12-14,18H,1-11,17H2,(H,19,20). The zero-order chi connectivity index (χ0) is 14.0. The predicted molar refractivity (Wildman–Crippen MR) is 80.3 cm³/mol. The first kappa shape index (κ1) is 14.3. The van der Waals surface area contributed by atoms with E-state index in [1.165, 1.54) is 32.1 Å². The Morgan fingerprint density at radius 3 is 2.40 bits per heavy atom. The maximum absolute atomic E-state index is 12.4. The fourth-order valence-electron chi connectivity index (χ4n) is 4.55. The maximum atomic E-state index is 12.4. The molecule has 3 aliphatic rings. The van der Waals surface area contributed by atoms with Crippen molar-refractivity contribution < 1.29 is 4.79 Å². The van der Waals surface area contributed by atoms with Crippen LogP contribution in [0.15, 0.2) is 0 Å². The highest BCUT2D eigenvalue weighted by atomic mass is 16.1. The highest BCUT2D eigenvalue weighted by Gasteiger charge is 2.36. The molecule has 1 saturated carbocycles. The van der Waals surface area contributed by atoms with Crippen LogP contribution in [0.5, 0.6) is 0 Å². The maximum Gasteiger partial charge on any atom is 0.220 e. The van der Waals surface area contributed by atoms with Crippen LogP contribution in [-0.4, -0.2) is 30.6 Å². The zero-order valence-electron chi connectivity index (χ0n) is 12.5. The molecule has 0 aromatic carbocycles. The fraction of sp³-hybridized carbons (Fsp3) is 0.938. The van der Waals surface area contributed by atoms with E-state index in [0.29, 0.717) is 31.1 Å². The molecular formula is C16H29N3O. The molecule has 2 heterocycles. The van der Waals surface area contributed by atoms with Crippen LogP contribution in [0.1, 0.15) is 64.2 Å². The second kappa shape index (κ2) is 6.02. The van der Waals surface area contributed by atoms with Gasteiger partial charge in [-0.3, -0.25) is 4.79 Å². The number of carbonyl (C=O) groups excluding carboxylic acids is 1. The van der Waals surface area contributed by atoms with Gasteiger partial charge >= 0.3 is 0 Å². The average Bonchev–Trinajstić information content (AvgIpc) is 2.79. The molecule has 3 rings (SSSR count). The SMILES string of the molecule is NCC1(CC(=O)NC2CC3CCC(C2)N3)CCCCC1. The summed E-state index contributed by atoms with van der Waals surface area (Å²) in [5, 5.41) is 6.91. The minimum Gasteiger partial charge on any atom is -0.353 e. The number of nitrogens with two attached hydrogens (primary N) is 1. The van der Waals surface area contributed by atoms with Gasteiger partial charge in [-0.15, -0.1) is 0 Å². The molecule has 20 heavy (non-hydrogen) atoms. The van der Waals surface area contributed by atoms with Gasteiger partial charge in [-0.1, -0.05) is 19.3 Å². The number of rotatable bonds is 4. The molecule has 1 aliphatic carbocycles. The van der Waals surface area contributed by atoms with E-state index in [-0.39, 0.29) is 11.3 Å². The third-order valence-corrected chi connectivity index (χ3v) is 5.72. The van der Waals surface area contributed by atoms with Crippen molar-refractivity contribution in [2.75, 3.05) is 6.54 Å². The van der Waals surface area contributed by atoms with Crippen molar-refractivity contribution in [3.63, 3.8) is 0 Å². The summed E-state index contributed by atoms with van der Waals surface area (Å²) in [5.41, 5.74) is 6.08. The molecule has 2 aliphatic heterocycles. The molecule has 2 unspecified atom stereocenters. The molecule has 2 bridgehead atoms.